The molecule has 2 nitrogen and oxygen atoms in total. The lowest BCUT2D eigenvalue weighted by Crippen LogP contribution is -2.32. The average molecular weight is 282 g/mol. The molecule has 0 fully saturated rings. The molecule has 112 valence electrons. The summed E-state index contributed by atoms with van der Waals surface area (Å²) in [6, 6.07) is 17.5. The fourth-order valence-electron chi connectivity index (χ4n) is 2.59. The zero-order chi connectivity index (χ0) is 14.8. The fraction of sp³-hybridized carbons (Fsp3) is 0.421. The number of hydrogen-bond donors (Lipinski definition) is 1. The minimum atomic E-state index is 0.531. The minimum Gasteiger partial charge on any atom is -0.314 e. The number of aromatic nitrogens is 1. The summed E-state index contributed by atoms with van der Waals surface area (Å²) in [5.74, 6) is 0. The highest BCUT2D eigenvalue weighted by molar-refractivity contribution is 5.14. The first kappa shape index (κ1) is 15.7. The second kappa shape index (κ2) is 9.30. The summed E-state index contributed by atoms with van der Waals surface area (Å²) in [5, 5.41) is 3.66. The van der Waals surface area contributed by atoms with Gasteiger partial charge in [0.25, 0.3) is 0 Å². The van der Waals surface area contributed by atoms with Crippen molar-refractivity contribution in [3.8, 4) is 0 Å². The van der Waals surface area contributed by atoms with Gasteiger partial charge in [-0.1, -0.05) is 43.3 Å². The van der Waals surface area contributed by atoms with Crippen molar-refractivity contribution in [3.63, 3.8) is 0 Å². The monoisotopic (exact) mass is 282 g/mol. The Labute approximate surface area is 128 Å². The van der Waals surface area contributed by atoms with E-state index in [0.717, 1.165) is 19.4 Å². The third-order valence-corrected chi connectivity index (χ3v) is 3.73. The van der Waals surface area contributed by atoms with Gasteiger partial charge in [0.2, 0.25) is 0 Å². The van der Waals surface area contributed by atoms with Crippen LogP contribution in [0, 0.1) is 0 Å². The summed E-state index contributed by atoms with van der Waals surface area (Å²) in [5.41, 5.74) is 2.62. The molecule has 1 aromatic heterocycles. The van der Waals surface area contributed by atoms with Gasteiger partial charge < -0.3 is 5.32 Å². The van der Waals surface area contributed by atoms with E-state index in [9.17, 15) is 0 Å². The Morgan fingerprint density at radius 2 is 1.86 bits per heavy atom. The topological polar surface area (TPSA) is 24.9 Å². The number of hydrogen-bond acceptors (Lipinski definition) is 2. The molecule has 2 rings (SSSR count). The van der Waals surface area contributed by atoms with Gasteiger partial charge in [0.1, 0.15) is 0 Å². The first-order chi connectivity index (χ1) is 10.4. The average Bonchev–Trinajstić information content (AvgIpc) is 2.54. The number of nitrogens with zero attached hydrogens (tertiary/aromatic N) is 1. The smallest absolute Gasteiger partial charge is 0.0419 e. The Balaban J connectivity index is 1.81. The first-order valence-electron chi connectivity index (χ1n) is 8.05. The third-order valence-electron chi connectivity index (χ3n) is 3.73. The van der Waals surface area contributed by atoms with Crippen LogP contribution < -0.4 is 5.32 Å². The second-order valence-corrected chi connectivity index (χ2v) is 5.55. The van der Waals surface area contributed by atoms with Gasteiger partial charge in [-0.15, -0.1) is 0 Å². The van der Waals surface area contributed by atoms with Gasteiger partial charge in [-0.2, -0.15) is 0 Å². The van der Waals surface area contributed by atoms with Crippen LogP contribution >= 0.6 is 0 Å². The molecule has 0 aliphatic heterocycles. The largest absolute Gasteiger partial charge is 0.314 e. The van der Waals surface area contributed by atoms with Gasteiger partial charge in [0, 0.05) is 24.4 Å². The van der Waals surface area contributed by atoms with Crippen molar-refractivity contribution in [1.29, 1.82) is 0 Å². The summed E-state index contributed by atoms with van der Waals surface area (Å²) in [6.45, 7) is 3.30. The molecule has 0 aliphatic carbocycles. The molecule has 0 spiro atoms. The molecule has 2 heteroatoms. The summed E-state index contributed by atoms with van der Waals surface area (Å²) in [4.78, 5) is 4.45. The van der Waals surface area contributed by atoms with Crippen molar-refractivity contribution in [2.24, 2.45) is 0 Å². The van der Waals surface area contributed by atoms with E-state index in [4.69, 9.17) is 0 Å². The highest BCUT2D eigenvalue weighted by Gasteiger charge is 2.09. The highest BCUT2D eigenvalue weighted by atomic mass is 14.9. The van der Waals surface area contributed by atoms with Gasteiger partial charge in [-0.3, -0.25) is 4.98 Å². The predicted molar refractivity (Wildman–Crippen MR) is 89.4 cm³/mol. The van der Waals surface area contributed by atoms with Crippen LogP contribution in [0.4, 0.5) is 0 Å². The van der Waals surface area contributed by atoms with E-state index in [1.807, 2.05) is 12.3 Å². The molecular formula is C19H26N2. The van der Waals surface area contributed by atoms with Crippen molar-refractivity contribution in [1.82, 2.24) is 10.3 Å². The van der Waals surface area contributed by atoms with Crippen molar-refractivity contribution in [2.75, 3.05) is 6.54 Å². The van der Waals surface area contributed by atoms with Gasteiger partial charge in [0.05, 0.1) is 0 Å². The second-order valence-electron chi connectivity index (χ2n) is 5.55. The number of nitrogens with one attached hydrogen (secondary N) is 1. The van der Waals surface area contributed by atoms with E-state index in [-0.39, 0.29) is 0 Å². The van der Waals surface area contributed by atoms with Crippen molar-refractivity contribution >= 4 is 0 Å². The van der Waals surface area contributed by atoms with Crippen LogP contribution in [0.2, 0.25) is 0 Å². The maximum atomic E-state index is 4.45. The number of rotatable bonds is 9. The molecule has 1 aromatic carbocycles. The van der Waals surface area contributed by atoms with Crippen LogP contribution in [-0.2, 0) is 12.8 Å². The SMILES string of the molecule is CCCNC(CCCc1ccccc1)Cc1ccccn1. The van der Waals surface area contributed by atoms with E-state index < -0.39 is 0 Å². The molecule has 21 heavy (non-hydrogen) atoms. The molecule has 0 saturated heterocycles. The number of aryl methyl sites for hydroxylation is 1. The van der Waals surface area contributed by atoms with Crippen LogP contribution in [0.1, 0.15) is 37.4 Å². The molecule has 1 atom stereocenters. The first-order valence-corrected chi connectivity index (χ1v) is 8.05. The zero-order valence-corrected chi connectivity index (χ0v) is 13.0. The summed E-state index contributed by atoms with van der Waals surface area (Å²) in [7, 11) is 0. The molecule has 0 amide bonds. The van der Waals surface area contributed by atoms with Gasteiger partial charge in [-0.05, 0) is 49.9 Å². The van der Waals surface area contributed by atoms with E-state index in [1.165, 1.54) is 30.5 Å². The standard InChI is InChI=1S/C19H26N2/c1-2-14-20-19(16-18-12-6-7-15-21-18)13-8-11-17-9-4-3-5-10-17/h3-7,9-10,12,15,19-20H,2,8,11,13-14,16H2,1H3. The van der Waals surface area contributed by atoms with Crippen LogP contribution in [-0.4, -0.2) is 17.6 Å². The number of benzene rings is 1. The van der Waals surface area contributed by atoms with Crippen LogP contribution in [0.25, 0.3) is 0 Å². The Morgan fingerprint density at radius 1 is 1.05 bits per heavy atom. The molecule has 0 saturated carbocycles. The molecule has 0 bridgehead atoms. The number of pyridine rings is 1. The van der Waals surface area contributed by atoms with Crippen LogP contribution in [0.15, 0.2) is 54.7 Å². The molecule has 1 heterocycles. The van der Waals surface area contributed by atoms with E-state index in [0.29, 0.717) is 6.04 Å². The van der Waals surface area contributed by atoms with Gasteiger partial charge in [-0.25, -0.2) is 0 Å². The Hall–Kier alpha value is -1.67. The summed E-state index contributed by atoms with van der Waals surface area (Å²) >= 11 is 0. The quantitative estimate of drug-likeness (QED) is 0.751. The molecular weight excluding hydrogens is 256 g/mol. The molecule has 1 unspecified atom stereocenters. The van der Waals surface area contributed by atoms with Crippen LogP contribution in [0.5, 0.6) is 0 Å². The predicted octanol–water partition coefficient (Wildman–Crippen LogP) is 4.02. The zero-order valence-electron chi connectivity index (χ0n) is 13.0. The van der Waals surface area contributed by atoms with E-state index in [2.05, 4.69) is 59.7 Å². The summed E-state index contributed by atoms with van der Waals surface area (Å²) in [6.07, 6.45) is 7.67. The Morgan fingerprint density at radius 3 is 2.57 bits per heavy atom. The summed E-state index contributed by atoms with van der Waals surface area (Å²) < 4.78 is 0. The van der Waals surface area contributed by atoms with Crippen LogP contribution in [0.3, 0.4) is 0 Å². The normalized spacial score (nSPS) is 12.2. The lowest BCUT2D eigenvalue weighted by atomic mass is 10.0. The molecule has 1 N–H and O–H groups in total. The van der Waals surface area contributed by atoms with Crippen molar-refractivity contribution in [3.05, 3.63) is 66.0 Å². The molecule has 2 aromatic rings. The van der Waals surface area contributed by atoms with Crippen molar-refractivity contribution < 1.29 is 0 Å². The van der Waals surface area contributed by atoms with E-state index in [1.54, 1.807) is 0 Å². The maximum Gasteiger partial charge on any atom is 0.0419 e. The van der Waals surface area contributed by atoms with Gasteiger partial charge in [0.15, 0.2) is 0 Å². The Bertz CT molecular complexity index is 481. The minimum absolute atomic E-state index is 0.531. The van der Waals surface area contributed by atoms with Crippen molar-refractivity contribution in [2.45, 2.75) is 45.1 Å². The lowest BCUT2D eigenvalue weighted by molar-refractivity contribution is 0.461. The third kappa shape index (κ3) is 6.09. The highest BCUT2D eigenvalue weighted by Crippen LogP contribution is 2.10. The van der Waals surface area contributed by atoms with E-state index >= 15 is 0 Å². The lowest BCUT2D eigenvalue weighted by Gasteiger charge is -2.18. The Kier molecular flexibility index (Phi) is 6.96. The molecule has 0 radical (unpaired) electrons. The molecule has 0 aliphatic rings. The van der Waals surface area contributed by atoms with Gasteiger partial charge >= 0.3 is 0 Å². The fourth-order valence-corrected chi connectivity index (χ4v) is 2.59. The maximum absolute atomic E-state index is 4.45.